The van der Waals surface area contributed by atoms with Crippen LogP contribution in [0.5, 0.6) is 0 Å². The third-order valence-electron chi connectivity index (χ3n) is 5.13. The van der Waals surface area contributed by atoms with Crippen LogP contribution < -0.4 is 10.6 Å². The summed E-state index contributed by atoms with van der Waals surface area (Å²) in [6.07, 6.45) is 6.95. The quantitative estimate of drug-likeness (QED) is 0.914. The molecule has 0 radical (unpaired) electrons. The number of anilines is 1. The molecule has 0 aromatic carbocycles. The second kappa shape index (κ2) is 6.60. The molecule has 2 heterocycles. The number of ether oxygens (including phenoxy) is 1. The van der Waals surface area contributed by atoms with E-state index in [9.17, 15) is 0 Å². The molecule has 21 heavy (non-hydrogen) atoms. The number of thiazole rings is 1. The topological polar surface area (TPSA) is 54.6 Å². The molecule has 3 rings (SSSR count). The van der Waals surface area contributed by atoms with Gasteiger partial charge in [-0.1, -0.05) is 0 Å². The standard InChI is InChI=1S/C15H26N4OS/c1-20-13-3-2-4-15(11-13,12-16)19-8-6-18(7-9-19)14-17-5-10-21-14/h5,10,13H,2-4,6-9,11-12,16H2,1H3. The normalized spacial score (nSPS) is 31.5. The molecule has 2 aliphatic rings. The van der Waals surface area contributed by atoms with Crippen molar-refractivity contribution in [3.05, 3.63) is 11.6 Å². The second-order valence-corrected chi connectivity index (χ2v) is 7.04. The number of piperazine rings is 1. The molecule has 0 amide bonds. The molecule has 6 heteroatoms. The van der Waals surface area contributed by atoms with Gasteiger partial charge in [-0.25, -0.2) is 4.98 Å². The summed E-state index contributed by atoms with van der Waals surface area (Å²) < 4.78 is 5.62. The lowest BCUT2D eigenvalue weighted by atomic mass is 9.78. The van der Waals surface area contributed by atoms with Crippen LogP contribution in [0.25, 0.3) is 0 Å². The van der Waals surface area contributed by atoms with Gasteiger partial charge in [-0.05, 0) is 25.7 Å². The van der Waals surface area contributed by atoms with Gasteiger partial charge < -0.3 is 15.4 Å². The fraction of sp³-hybridized carbons (Fsp3) is 0.800. The SMILES string of the molecule is COC1CCCC(CN)(N2CCN(c3nccs3)CC2)C1. The Hall–Kier alpha value is -0.690. The van der Waals surface area contributed by atoms with Crippen molar-refractivity contribution in [2.45, 2.75) is 37.3 Å². The Morgan fingerprint density at radius 1 is 1.43 bits per heavy atom. The van der Waals surface area contributed by atoms with Gasteiger partial charge in [-0.3, -0.25) is 4.90 Å². The van der Waals surface area contributed by atoms with Crippen LogP contribution in [0.3, 0.4) is 0 Å². The van der Waals surface area contributed by atoms with Gasteiger partial charge in [0.05, 0.1) is 6.10 Å². The lowest BCUT2D eigenvalue weighted by Crippen LogP contribution is -2.62. The van der Waals surface area contributed by atoms with Crippen LogP contribution in [-0.4, -0.2) is 61.4 Å². The Balaban J connectivity index is 1.64. The van der Waals surface area contributed by atoms with Gasteiger partial charge >= 0.3 is 0 Å². The van der Waals surface area contributed by atoms with E-state index in [0.717, 1.165) is 44.3 Å². The first-order chi connectivity index (χ1) is 10.3. The molecule has 2 unspecified atom stereocenters. The lowest BCUT2D eigenvalue weighted by Gasteiger charge is -2.50. The van der Waals surface area contributed by atoms with E-state index in [-0.39, 0.29) is 5.54 Å². The van der Waals surface area contributed by atoms with Gasteiger partial charge in [-0.2, -0.15) is 0 Å². The highest BCUT2D eigenvalue weighted by atomic mass is 32.1. The van der Waals surface area contributed by atoms with E-state index in [4.69, 9.17) is 10.5 Å². The molecule has 2 N–H and O–H groups in total. The molecule has 1 saturated carbocycles. The highest BCUT2D eigenvalue weighted by Gasteiger charge is 2.41. The molecule has 1 aromatic rings. The van der Waals surface area contributed by atoms with Gasteiger partial charge in [0.25, 0.3) is 0 Å². The molecule has 0 spiro atoms. The molecular formula is C15H26N4OS. The van der Waals surface area contributed by atoms with E-state index < -0.39 is 0 Å². The summed E-state index contributed by atoms with van der Waals surface area (Å²) in [4.78, 5) is 9.43. The average molecular weight is 310 g/mol. The van der Waals surface area contributed by atoms with E-state index in [1.54, 1.807) is 11.3 Å². The van der Waals surface area contributed by atoms with Crippen molar-refractivity contribution in [1.82, 2.24) is 9.88 Å². The van der Waals surface area contributed by atoms with E-state index in [2.05, 4.69) is 14.8 Å². The summed E-state index contributed by atoms with van der Waals surface area (Å²) in [5, 5.41) is 3.20. The van der Waals surface area contributed by atoms with Crippen molar-refractivity contribution >= 4 is 16.5 Å². The van der Waals surface area contributed by atoms with Gasteiger partial charge in [0.2, 0.25) is 0 Å². The van der Waals surface area contributed by atoms with Crippen LogP contribution in [0.4, 0.5) is 5.13 Å². The monoisotopic (exact) mass is 310 g/mol. The Morgan fingerprint density at radius 3 is 2.86 bits per heavy atom. The Labute approximate surface area is 131 Å². The highest BCUT2D eigenvalue weighted by molar-refractivity contribution is 7.13. The first kappa shape index (κ1) is 15.2. The second-order valence-electron chi connectivity index (χ2n) is 6.17. The molecule has 118 valence electrons. The van der Waals surface area contributed by atoms with Crippen LogP contribution in [0.2, 0.25) is 0 Å². The first-order valence-corrected chi connectivity index (χ1v) is 8.78. The van der Waals surface area contributed by atoms with Crippen LogP contribution in [0.1, 0.15) is 25.7 Å². The van der Waals surface area contributed by atoms with Crippen molar-refractivity contribution in [1.29, 1.82) is 0 Å². The number of hydrogen-bond donors (Lipinski definition) is 1. The van der Waals surface area contributed by atoms with Crippen LogP contribution in [0.15, 0.2) is 11.6 Å². The lowest BCUT2D eigenvalue weighted by molar-refractivity contribution is -0.0240. The van der Waals surface area contributed by atoms with Crippen molar-refractivity contribution < 1.29 is 4.74 Å². The Bertz CT molecular complexity index is 433. The molecule has 1 aliphatic heterocycles. The molecule has 0 bridgehead atoms. The van der Waals surface area contributed by atoms with Gasteiger partial charge in [0, 0.05) is 56.9 Å². The number of nitrogens with two attached hydrogens (primary N) is 1. The zero-order chi connectivity index (χ0) is 14.7. The smallest absolute Gasteiger partial charge is 0.185 e. The Morgan fingerprint density at radius 2 is 2.24 bits per heavy atom. The summed E-state index contributed by atoms with van der Waals surface area (Å²) >= 11 is 1.73. The van der Waals surface area contributed by atoms with Crippen molar-refractivity contribution in [2.24, 2.45) is 5.73 Å². The molecule has 5 nitrogen and oxygen atoms in total. The van der Waals surface area contributed by atoms with Crippen molar-refractivity contribution in [2.75, 3.05) is 44.7 Å². The van der Waals surface area contributed by atoms with E-state index >= 15 is 0 Å². The number of aromatic nitrogens is 1. The maximum atomic E-state index is 6.19. The zero-order valence-electron chi connectivity index (χ0n) is 12.8. The fourth-order valence-corrected chi connectivity index (χ4v) is 4.53. The fourth-order valence-electron chi connectivity index (χ4n) is 3.83. The largest absolute Gasteiger partial charge is 0.381 e. The molecule has 1 aliphatic carbocycles. The van der Waals surface area contributed by atoms with Gasteiger partial charge in [0.15, 0.2) is 5.13 Å². The summed E-state index contributed by atoms with van der Waals surface area (Å²) in [6.45, 7) is 4.99. The van der Waals surface area contributed by atoms with Gasteiger partial charge in [-0.15, -0.1) is 11.3 Å². The molecule has 1 saturated heterocycles. The summed E-state index contributed by atoms with van der Waals surface area (Å²) in [5.74, 6) is 0. The predicted octanol–water partition coefficient (Wildman–Crippen LogP) is 1.55. The van der Waals surface area contributed by atoms with Crippen molar-refractivity contribution in [3.63, 3.8) is 0 Å². The first-order valence-electron chi connectivity index (χ1n) is 7.90. The van der Waals surface area contributed by atoms with Gasteiger partial charge in [0.1, 0.15) is 0 Å². The van der Waals surface area contributed by atoms with Crippen LogP contribution >= 0.6 is 11.3 Å². The maximum Gasteiger partial charge on any atom is 0.185 e. The summed E-state index contributed by atoms with van der Waals surface area (Å²) in [6, 6.07) is 0. The van der Waals surface area contributed by atoms with E-state index in [1.165, 1.54) is 19.3 Å². The minimum Gasteiger partial charge on any atom is -0.381 e. The number of rotatable bonds is 4. The molecular weight excluding hydrogens is 284 g/mol. The number of hydrogen-bond acceptors (Lipinski definition) is 6. The van der Waals surface area contributed by atoms with Crippen molar-refractivity contribution in [3.8, 4) is 0 Å². The van der Waals surface area contributed by atoms with Crippen LogP contribution in [-0.2, 0) is 4.74 Å². The summed E-state index contributed by atoms with van der Waals surface area (Å²) in [7, 11) is 1.83. The Kier molecular flexibility index (Phi) is 4.78. The minimum absolute atomic E-state index is 0.147. The molecule has 1 aromatic heterocycles. The number of methoxy groups -OCH3 is 1. The predicted molar refractivity (Wildman–Crippen MR) is 87.0 cm³/mol. The third-order valence-corrected chi connectivity index (χ3v) is 5.96. The highest BCUT2D eigenvalue weighted by Crippen LogP contribution is 2.35. The van der Waals surface area contributed by atoms with E-state index in [1.807, 2.05) is 18.7 Å². The summed E-state index contributed by atoms with van der Waals surface area (Å²) in [5.41, 5.74) is 6.34. The zero-order valence-corrected chi connectivity index (χ0v) is 13.6. The third kappa shape index (κ3) is 3.08. The number of nitrogens with zero attached hydrogens (tertiary/aromatic N) is 3. The maximum absolute atomic E-state index is 6.19. The minimum atomic E-state index is 0.147. The molecule has 2 fully saturated rings. The average Bonchev–Trinajstić information content (AvgIpc) is 3.09. The van der Waals surface area contributed by atoms with E-state index in [0.29, 0.717) is 6.10 Å². The molecule has 2 atom stereocenters. The van der Waals surface area contributed by atoms with Crippen LogP contribution in [0, 0.1) is 0 Å².